The largest absolute Gasteiger partial charge is 0.310 e. The molecule has 1 N–H and O–H groups in total. The van der Waals surface area contributed by atoms with E-state index in [9.17, 15) is 13.2 Å². The van der Waals surface area contributed by atoms with E-state index >= 15 is 0 Å². The lowest BCUT2D eigenvalue weighted by Gasteiger charge is -2.28. The van der Waals surface area contributed by atoms with E-state index in [1.165, 1.54) is 0 Å². The number of rotatable bonds is 4. The first-order valence-electron chi connectivity index (χ1n) is 9.06. The molecule has 0 saturated heterocycles. The molecule has 0 atom stereocenters. The van der Waals surface area contributed by atoms with Crippen molar-refractivity contribution < 1.29 is 13.2 Å². The van der Waals surface area contributed by atoms with Gasteiger partial charge in [-0.15, -0.1) is 0 Å². The van der Waals surface area contributed by atoms with Crippen molar-refractivity contribution in [1.29, 1.82) is 0 Å². The Kier molecular flexibility index (Phi) is 5.49. The summed E-state index contributed by atoms with van der Waals surface area (Å²) in [6.07, 6.45) is 5.01. The molecule has 0 radical (unpaired) electrons. The molecular formula is C19H25N5O3S. The summed E-state index contributed by atoms with van der Waals surface area (Å²) < 4.78 is 23.3. The third-order valence-corrected chi connectivity index (χ3v) is 5.38. The van der Waals surface area contributed by atoms with Crippen LogP contribution < -0.4 is 5.32 Å². The minimum absolute atomic E-state index is 0.0851. The van der Waals surface area contributed by atoms with Crippen molar-refractivity contribution in [3.63, 3.8) is 0 Å². The summed E-state index contributed by atoms with van der Waals surface area (Å²) in [4.78, 5) is 27.1. The highest BCUT2D eigenvalue weighted by molar-refractivity contribution is 7.90. The summed E-state index contributed by atoms with van der Waals surface area (Å²) in [7, 11) is -3.41. The number of pyridine rings is 1. The maximum absolute atomic E-state index is 12.3. The monoisotopic (exact) mass is 403 g/mol. The van der Waals surface area contributed by atoms with E-state index in [0.29, 0.717) is 25.3 Å². The normalized spacial score (nSPS) is 15.1. The Balaban J connectivity index is 1.75. The third kappa shape index (κ3) is 4.71. The van der Waals surface area contributed by atoms with E-state index < -0.39 is 15.3 Å². The number of nitrogens with zero attached hydrogens (tertiary/aromatic N) is 4. The topological polar surface area (TPSA) is 105 Å². The van der Waals surface area contributed by atoms with Gasteiger partial charge in [0.2, 0.25) is 20.9 Å². The lowest BCUT2D eigenvalue weighted by molar-refractivity contribution is -0.123. The molecule has 3 heterocycles. The minimum Gasteiger partial charge on any atom is -0.310 e. The highest BCUT2D eigenvalue weighted by atomic mass is 32.2. The highest BCUT2D eigenvalue weighted by Gasteiger charge is 2.24. The fourth-order valence-electron chi connectivity index (χ4n) is 2.88. The lowest BCUT2D eigenvalue weighted by atomic mass is 9.95. The Morgan fingerprint density at radius 1 is 1.29 bits per heavy atom. The molecule has 0 unspecified atom stereocenters. The predicted molar refractivity (Wildman–Crippen MR) is 105 cm³/mol. The average molecular weight is 404 g/mol. The van der Waals surface area contributed by atoms with Crippen LogP contribution >= 0.6 is 0 Å². The van der Waals surface area contributed by atoms with Crippen molar-refractivity contribution in [1.82, 2.24) is 19.9 Å². The SMILES string of the molecule is CC(C)(C)C(=O)Nc1ncccc1CN1CCc2nc(S(C)(=O)=O)ncc2C1. The third-order valence-electron chi connectivity index (χ3n) is 4.52. The zero-order valence-corrected chi connectivity index (χ0v) is 17.4. The Morgan fingerprint density at radius 2 is 2.04 bits per heavy atom. The Morgan fingerprint density at radius 3 is 2.71 bits per heavy atom. The average Bonchev–Trinajstić information content (AvgIpc) is 2.61. The highest BCUT2D eigenvalue weighted by Crippen LogP contribution is 2.23. The number of anilines is 1. The van der Waals surface area contributed by atoms with E-state index in [1.807, 2.05) is 32.9 Å². The second kappa shape index (κ2) is 7.56. The van der Waals surface area contributed by atoms with Crippen molar-refractivity contribution in [3.8, 4) is 0 Å². The van der Waals surface area contributed by atoms with Gasteiger partial charge in [0, 0.05) is 61.2 Å². The number of aromatic nitrogens is 3. The maximum Gasteiger partial charge on any atom is 0.246 e. The molecular weight excluding hydrogens is 378 g/mol. The fourth-order valence-corrected chi connectivity index (χ4v) is 3.40. The summed E-state index contributed by atoms with van der Waals surface area (Å²) >= 11 is 0. The molecule has 1 aliphatic rings. The number of fused-ring (bicyclic) bond motifs is 1. The molecule has 8 nitrogen and oxygen atoms in total. The van der Waals surface area contributed by atoms with E-state index in [-0.39, 0.29) is 11.1 Å². The van der Waals surface area contributed by atoms with Gasteiger partial charge in [-0.1, -0.05) is 26.8 Å². The minimum atomic E-state index is -3.41. The number of amides is 1. The zero-order valence-electron chi connectivity index (χ0n) is 16.6. The summed E-state index contributed by atoms with van der Waals surface area (Å²) in [6, 6.07) is 3.80. The van der Waals surface area contributed by atoms with Crippen LogP contribution in [0.2, 0.25) is 0 Å². The number of hydrogen-bond acceptors (Lipinski definition) is 7. The van der Waals surface area contributed by atoms with Crippen molar-refractivity contribution >= 4 is 21.6 Å². The van der Waals surface area contributed by atoms with Crippen LogP contribution in [0.25, 0.3) is 0 Å². The summed E-state index contributed by atoms with van der Waals surface area (Å²) in [5.41, 5.74) is 2.12. The summed E-state index contributed by atoms with van der Waals surface area (Å²) in [5, 5.41) is 2.79. The molecule has 2 aromatic rings. The Labute approximate surface area is 165 Å². The zero-order chi connectivity index (χ0) is 20.5. The van der Waals surface area contributed by atoms with Gasteiger partial charge in [-0.05, 0) is 6.07 Å². The van der Waals surface area contributed by atoms with Gasteiger partial charge in [-0.25, -0.2) is 23.4 Å². The van der Waals surface area contributed by atoms with Gasteiger partial charge in [-0.3, -0.25) is 9.69 Å². The van der Waals surface area contributed by atoms with Crippen molar-refractivity contribution in [2.45, 2.75) is 45.4 Å². The molecule has 1 aliphatic heterocycles. The van der Waals surface area contributed by atoms with E-state index in [0.717, 1.165) is 29.6 Å². The molecule has 0 spiro atoms. The molecule has 9 heteroatoms. The predicted octanol–water partition coefficient (Wildman–Crippen LogP) is 1.82. The molecule has 0 saturated carbocycles. The van der Waals surface area contributed by atoms with Crippen molar-refractivity contribution in [3.05, 3.63) is 41.3 Å². The van der Waals surface area contributed by atoms with Gasteiger partial charge in [-0.2, -0.15) is 0 Å². The van der Waals surface area contributed by atoms with Crippen LogP contribution in [0.15, 0.2) is 29.7 Å². The van der Waals surface area contributed by atoms with E-state index in [2.05, 4.69) is 25.2 Å². The number of carbonyl (C=O) groups is 1. The number of sulfone groups is 1. The molecule has 0 aromatic carbocycles. The first kappa shape index (κ1) is 20.3. The van der Waals surface area contributed by atoms with E-state index in [4.69, 9.17) is 0 Å². The first-order valence-corrected chi connectivity index (χ1v) is 11.0. The van der Waals surface area contributed by atoms with Gasteiger partial charge in [0.15, 0.2) is 0 Å². The number of nitrogens with one attached hydrogen (secondary N) is 1. The molecule has 0 bridgehead atoms. The van der Waals surface area contributed by atoms with Gasteiger partial charge in [0.1, 0.15) is 5.82 Å². The summed E-state index contributed by atoms with van der Waals surface area (Å²) in [5.74, 6) is 0.482. The van der Waals surface area contributed by atoms with Crippen LogP contribution in [0.4, 0.5) is 5.82 Å². The van der Waals surface area contributed by atoms with Gasteiger partial charge in [0.05, 0.1) is 5.69 Å². The van der Waals surface area contributed by atoms with Gasteiger partial charge >= 0.3 is 0 Å². The van der Waals surface area contributed by atoms with Crippen LogP contribution in [-0.4, -0.2) is 47.0 Å². The lowest BCUT2D eigenvalue weighted by Crippen LogP contribution is -2.32. The van der Waals surface area contributed by atoms with Crippen LogP contribution in [0.1, 0.15) is 37.6 Å². The second-order valence-corrected chi connectivity index (χ2v) is 9.98. The number of hydrogen-bond donors (Lipinski definition) is 1. The molecule has 0 fully saturated rings. The molecule has 28 heavy (non-hydrogen) atoms. The summed E-state index contributed by atoms with van der Waals surface area (Å²) in [6.45, 7) is 7.53. The fraction of sp³-hybridized carbons (Fsp3) is 0.474. The quantitative estimate of drug-likeness (QED) is 0.776. The molecule has 150 valence electrons. The van der Waals surface area contributed by atoms with Crippen molar-refractivity contribution in [2.75, 3.05) is 18.1 Å². The Bertz CT molecular complexity index is 999. The van der Waals surface area contributed by atoms with E-state index in [1.54, 1.807) is 12.4 Å². The van der Waals surface area contributed by atoms with Gasteiger partial charge < -0.3 is 5.32 Å². The smallest absolute Gasteiger partial charge is 0.246 e. The molecule has 0 aliphatic carbocycles. The van der Waals surface area contributed by atoms with Crippen molar-refractivity contribution in [2.24, 2.45) is 5.41 Å². The molecule has 1 amide bonds. The van der Waals surface area contributed by atoms with Crippen LogP contribution in [0.5, 0.6) is 0 Å². The molecule has 2 aromatic heterocycles. The van der Waals surface area contributed by atoms with Crippen LogP contribution in [-0.2, 0) is 34.1 Å². The van der Waals surface area contributed by atoms with Crippen LogP contribution in [0.3, 0.4) is 0 Å². The maximum atomic E-state index is 12.3. The molecule has 3 rings (SSSR count). The first-order chi connectivity index (χ1) is 13.0. The van der Waals surface area contributed by atoms with Gasteiger partial charge in [0.25, 0.3) is 0 Å². The standard InChI is InChI=1S/C19H25N5O3S/c1-19(2,3)17(25)23-16-13(6-5-8-20-16)11-24-9-7-15-14(12-24)10-21-18(22-15)28(4,26)27/h5-6,8,10H,7,9,11-12H2,1-4H3,(H,20,23,25). The van der Waals surface area contributed by atoms with Crippen LogP contribution in [0, 0.1) is 5.41 Å². The second-order valence-electron chi connectivity index (χ2n) is 8.07. The number of carbonyl (C=O) groups excluding carboxylic acids is 1. The Hall–Kier alpha value is -2.39.